The molecular formula is C18H24N2O5S. The molecule has 0 fully saturated rings. The number of benzene rings is 1. The fourth-order valence-corrected chi connectivity index (χ4v) is 3.15. The van der Waals surface area contributed by atoms with E-state index in [0.717, 1.165) is 10.3 Å². The highest BCUT2D eigenvalue weighted by Crippen LogP contribution is 2.33. The van der Waals surface area contributed by atoms with E-state index in [1.165, 1.54) is 12.1 Å². The molecule has 0 unspecified atom stereocenters. The summed E-state index contributed by atoms with van der Waals surface area (Å²) in [6, 6.07) is 2.62. The number of ether oxygens (including phenoxy) is 1. The van der Waals surface area contributed by atoms with Crippen molar-refractivity contribution in [3.63, 3.8) is 0 Å². The Morgan fingerprint density at radius 3 is 1.77 bits per heavy atom. The predicted octanol–water partition coefficient (Wildman–Crippen LogP) is 1.13. The molecule has 26 heavy (non-hydrogen) atoms. The van der Waals surface area contributed by atoms with Crippen LogP contribution in [0.25, 0.3) is 21.5 Å². The highest BCUT2D eigenvalue weighted by Gasteiger charge is 2.17. The molecule has 2 heterocycles. The molecule has 0 amide bonds. The van der Waals surface area contributed by atoms with Gasteiger partial charge in [-0.1, -0.05) is 13.8 Å². The van der Waals surface area contributed by atoms with Crippen molar-refractivity contribution < 1.29 is 4.74 Å². The van der Waals surface area contributed by atoms with Crippen LogP contribution < -0.4 is 22.2 Å². The second-order valence-corrected chi connectivity index (χ2v) is 11.2. The van der Waals surface area contributed by atoms with Gasteiger partial charge < -0.3 is 4.74 Å². The summed E-state index contributed by atoms with van der Waals surface area (Å²) in [5.41, 5.74) is -2.12. The minimum Gasteiger partial charge on any atom is -0.360 e. The molecule has 0 saturated carbocycles. The zero-order valence-corrected chi connectivity index (χ0v) is 16.5. The molecule has 0 aliphatic carbocycles. The Bertz CT molecular complexity index is 1050. The predicted molar refractivity (Wildman–Crippen MR) is 109 cm³/mol. The molecule has 3 aromatic rings. The van der Waals surface area contributed by atoms with Crippen LogP contribution in [0.1, 0.15) is 13.8 Å². The van der Waals surface area contributed by atoms with Gasteiger partial charge >= 0.3 is 0 Å². The maximum atomic E-state index is 12.4. The fraction of sp³-hybridized carbons (Fsp3) is 0.444. The minimum absolute atomic E-state index is 0.124. The van der Waals surface area contributed by atoms with Crippen LogP contribution in [0.5, 0.6) is 0 Å². The van der Waals surface area contributed by atoms with Gasteiger partial charge in [-0.15, -0.1) is 0 Å². The van der Waals surface area contributed by atoms with Crippen molar-refractivity contribution in [2.45, 2.75) is 20.6 Å². The molecule has 0 aliphatic heterocycles. The Balaban J connectivity index is 0.00000117. The van der Waals surface area contributed by atoms with Crippen molar-refractivity contribution >= 4 is 31.6 Å². The summed E-state index contributed by atoms with van der Waals surface area (Å²) in [5.74, 6) is 0.874. The maximum absolute atomic E-state index is 12.4. The lowest BCUT2D eigenvalue weighted by Crippen LogP contribution is -2.27. The molecule has 0 spiro atoms. The molecule has 0 bridgehead atoms. The van der Waals surface area contributed by atoms with Gasteiger partial charge in [0.1, 0.15) is 6.73 Å². The first-order chi connectivity index (χ1) is 12.2. The average molecular weight is 380 g/mol. The number of nitrogens with one attached hydrogen (secondary N) is 1. The quantitative estimate of drug-likeness (QED) is 0.669. The van der Waals surface area contributed by atoms with E-state index >= 15 is 0 Å². The van der Waals surface area contributed by atoms with Crippen molar-refractivity contribution in [2.24, 2.45) is 0 Å². The Hall–Kier alpha value is -2.19. The highest BCUT2D eigenvalue weighted by molar-refractivity contribution is 8.32. The summed E-state index contributed by atoms with van der Waals surface area (Å²) in [7, 11) is -0.715. The van der Waals surface area contributed by atoms with E-state index in [2.05, 4.69) is 23.8 Å². The zero-order chi connectivity index (χ0) is 19.6. The van der Waals surface area contributed by atoms with E-state index in [0.29, 0.717) is 6.61 Å². The van der Waals surface area contributed by atoms with Gasteiger partial charge in [0, 0.05) is 5.75 Å². The highest BCUT2D eigenvalue weighted by atomic mass is 32.3. The maximum Gasteiger partial charge on any atom is 0.263 e. The normalized spacial score (nSPS) is 12.3. The molecule has 0 saturated heterocycles. The number of rotatable bonds is 5. The number of nitrogens with zero attached hydrogens (tertiary/aromatic N) is 1. The van der Waals surface area contributed by atoms with Crippen molar-refractivity contribution in [3.05, 3.63) is 53.5 Å². The SMILES string of the molecule is CC.CS(C)(C)CCOCn1c(=O)c2cc3c(=O)[nH]c(=O)c3cc2c1=O. The van der Waals surface area contributed by atoms with Crippen molar-refractivity contribution in [1.29, 1.82) is 0 Å². The third kappa shape index (κ3) is 3.81. The van der Waals surface area contributed by atoms with E-state index < -0.39 is 32.3 Å². The van der Waals surface area contributed by atoms with Crippen LogP contribution in [0, 0.1) is 0 Å². The van der Waals surface area contributed by atoms with Gasteiger partial charge in [0.2, 0.25) is 0 Å². The first-order valence-electron chi connectivity index (χ1n) is 8.33. The summed E-state index contributed by atoms with van der Waals surface area (Å²) in [6.07, 6.45) is 6.46. The second kappa shape index (κ2) is 7.59. The molecule has 0 aliphatic rings. The van der Waals surface area contributed by atoms with Gasteiger partial charge in [-0.3, -0.25) is 24.2 Å². The van der Waals surface area contributed by atoms with E-state index in [9.17, 15) is 19.2 Å². The summed E-state index contributed by atoms with van der Waals surface area (Å²) in [5, 5.41) is 0.514. The average Bonchev–Trinajstić information content (AvgIpc) is 2.99. The van der Waals surface area contributed by atoms with Crippen LogP contribution in [-0.2, 0) is 11.5 Å². The lowest BCUT2D eigenvalue weighted by Gasteiger charge is -2.24. The summed E-state index contributed by atoms with van der Waals surface area (Å²) >= 11 is 0. The van der Waals surface area contributed by atoms with Gasteiger partial charge in [0.15, 0.2) is 0 Å². The van der Waals surface area contributed by atoms with E-state index in [4.69, 9.17) is 4.74 Å². The number of H-pyrrole nitrogens is 1. The molecule has 0 radical (unpaired) electrons. The van der Waals surface area contributed by atoms with E-state index in [1.807, 2.05) is 13.8 Å². The molecule has 3 rings (SSSR count). The van der Waals surface area contributed by atoms with E-state index in [1.54, 1.807) is 0 Å². The van der Waals surface area contributed by atoms with Gasteiger partial charge in [0.05, 0.1) is 28.2 Å². The van der Waals surface area contributed by atoms with Crippen LogP contribution in [0.3, 0.4) is 0 Å². The number of aromatic amines is 1. The number of fused-ring (bicyclic) bond motifs is 2. The molecule has 2 aromatic heterocycles. The third-order valence-corrected chi connectivity index (χ3v) is 5.28. The van der Waals surface area contributed by atoms with Crippen LogP contribution in [0.4, 0.5) is 0 Å². The molecule has 1 N–H and O–H groups in total. The van der Waals surface area contributed by atoms with Crippen molar-refractivity contribution in [2.75, 3.05) is 31.1 Å². The first kappa shape index (κ1) is 20.1. The zero-order valence-electron chi connectivity index (χ0n) is 15.7. The Morgan fingerprint density at radius 2 is 1.35 bits per heavy atom. The largest absolute Gasteiger partial charge is 0.360 e. The molecular weight excluding hydrogens is 356 g/mol. The topological polar surface area (TPSA) is 98.2 Å². The number of hydrogen-bond donors (Lipinski definition) is 1. The lowest BCUT2D eigenvalue weighted by molar-refractivity contribution is 0.0862. The van der Waals surface area contributed by atoms with Crippen LogP contribution in [-0.4, -0.2) is 40.7 Å². The molecule has 7 nitrogen and oxygen atoms in total. The summed E-state index contributed by atoms with van der Waals surface area (Å²) in [4.78, 5) is 50.3. The molecule has 8 heteroatoms. The fourth-order valence-electron chi connectivity index (χ4n) is 2.53. The third-order valence-electron chi connectivity index (χ3n) is 3.89. The second-order valence-electron chi connectivity index (χ2n) is 6.60. The number of hydrogen-bond acceptors (Lipinski definition) is 5. The van der Waals surface area contributed by atoms with Gasteiger partial charge in [0.25, 0.3) is 22.2 Å². The Labute approximate surface area is 151 Å². The van der Waals surface area contributed by atoms with Crippen molar-refractivity contribution in [1.82, 2.24) is 9.55 Å². The van der Waals surface area contributed by atoms with E-state index in [-0.39, 0.29) is 28.3 Å². The summed E-state index contributed by atoms with van der Waals surface area (Å²) < 4.78 is 6.47. The van der Waals surface area contributed by atoms with Gasteiger partial charge in [-0.05, 0) is 30.9 Å². The van der Waals surface area contributed by atoms with Crippen LogP contribution in [0.2, 0.25) is 0 Å². The smallest absolute Gasteiger partial charge is 0.263 e. The first-order valence-corrected chi connectivity index (χ1v) is 11.4. The number of aromatic nitrogens is 2. The molecule has 1 aromatic carbocycles. The summed E-state index contributed by atoms with van der Waals surface area (Å²) in [6.45, 7) is 4.33. The van der Waals surface area contributed by atoms with Gasteiger partial charge in [-0.25, -0.2) is 14.6 Å². The Kier molecular flexibility index (Phi) is 5.87. The van der Waals surface area contributed by atoms with Crippen LogP contribution >= 0.6 is 10.0 Å². The Morgan fingerprint density at radius 1 is 0.885 bits per heavy atom. The minimum atomic E-state index is -0.715. The van der Waals surface area contributed by atoms with Gasteiger partial charge in [-0.2, -0.15) is 0 Å². The monoisotopic (exact) mass is 380 g/mol. The standard InChI is InChI=1S/C16H18N2O5S.C2H6/c1-24(2,3)5-4-23-8-18-15(21)11-6-9-10(7-12(11)16(18)22)14(20)17-13(9)19;1-2/h6-7H,4-5,8H2,1-3H3,(H,17,19,20);1-2H3. The lowest BCUT2D eigenvalue weighted by atomic mass is 10.1. The van der Waals surface area contributed by atoms with Crippen LogP contribution in [0.15, 0.2) is 31.3 Å². The molecule has 142 valence electrons. The van der Waals surface area contributed by atoms with Crippen molar-refractivity contribution in [3.8, 4) is 0 Å². The molecule has 0 atom stereocenters.